The second-order valence-corrected chi connectivity index (χ2v) is 12.9. The largest absolute Gasteiger partial charge is 0.491 e. The van der Waals surface area contributed by atoms with Crippen molar-refractivity contribution in [3.8, 4) is 0 Å². The third kappa shape index (κ3) is 9.24. The van der Waals surface area contributed by atoms with E-state index in [0.29, 0.717) is 10.1 Å². The van der Waals surface area contributed by atoms with E-state index in [0.717, 1.165) is 12.1 Å². The number of anilines is 1. The van der Waals surface area contributed by atoms with E-state index in [1.165, 1.54) is 37.6 Å². The summed E-state index contributed by atoms with van der Waals surface area (Å²) in [5.41, 5.74) is 7.31. The molecule has 0 bridgehead atoms. The van der Waals surface area contributed by atoms with Gasteiger partial charge in [0.05, 0.1) is 22.1 Å². The summed E-state index contributed by atoms with van der Waals surface area (Å²) in [6.45, 7) is 2.65. The van der Waals surface area contributed by atoms with Crippen molar-refractivity contribution in [2.75, 3.05) is 11.3 Å². The molecule has 0 spiro atoms. The molecule has 1 aromatic carbocycles. The van der Waals surface area contributed by atoms with Crippen molar-refractivity contribution in [2.24, 2.45) is 21.5 Å². The second kappa shape index (κ2) is 14.1. The molecule has 1 aliphatic rings. The van der Waals surface area contributed by atoms with Gasteiger partial charge >= 0.3 is 12.1 Å². The quantitative estimate of drug-likeness (QED) is 0.104. The van der Waals surface area contributed by atoms with Gasteiger partial charge < -0.3 is 21.5 Å². The summed E-state index contributed by atoms with van der Waals surface area (Å²) in [4.78, 5) is 47.0. The number of alkyl halides is 3. The molecule has 0 fully saturated rings. The first-order valence-electron chi connectivity index (χ1n) is 13.0. The van der Waals surface area contributed by atoms with Crippen LogP contribution in [-0.4, -0.2) is 58.3 Å². The first-order valence-corrected chi connectivity index (χ1v) is 15.9. The number of hydrogen-bond donors (Lipinski definition) is 4. The van der Waals surface area contributed by atoms with Crippen LogP contribution in [0.4, 0.5) is 18.9 Å². The number of sulfonamides is 1. The van der Waals surface area contributed by atoms with Gasteiger partial charge in [0.1, 0.15) is 10.7 Å². The molecule has 2 aromatic rings. The number of amides is 1. The van der Waals surface area contributed by atoms with Crippen molar-refractivity contribution >= 4 is 49.4 Å². The molecule has 244 valence electrons. The maximum Gasteiger partial charge on any atom is 0.491 e. The van der Waals surface area contributed by atoms with Gasteiger partial charge in [0.15, 0.2) is 5.96 Å². The molecule has 0 saturated heterocycles. The number of hydrogen-bond acceptors (Lipinski definition) is 9. The summed E-state index contributed by atoms with van der Waals surface area (Å²) in [5.74, 6) is -5.02. The number of rotatable bonds is 13. The second-order valence-electron chi connectivity index (χ2n) is 9.91. The first-order chi connectivity index (χ1) is 20.9. The van der Waals surface area contributed by atoms with Crippen molar-refractivity contribution < 1.29 is 40.1 Å². The van der Waals surface area contributed by atoms with Gasteiger partial charge in [-0.1, -0.05) is 30.3 Å². The smallest absolute Gasteiger partial charge is 0.425 e. The highest BCUT2D eigenvalue weighted by molar-refractivity contribution is 8.03. The van der Waals surface area contributed by atoms with Gasteiger partial charge in [0, 0.05) is 23.8 Å². The van der Waals surface area contributed by atoms with E-state index >= 15 is 0 Å². The number of aryl methyl sites for hydroxylation is 1. The number of ether oxygens (including phenoxy) is 1. The monoisotopic (exact) mass is 673 g/mol. The van der Waals surface area contributed by atoms with Crippen molar-refractivity contribution in [2.45, 2.75) is 50.4 Å². The van der Waals surface area contributed by atoms with E-state index in [1.54, 1.807) is 18.2 Å². The Morgan fingerprint density at radius 1 is 1.16 bits per heavy atom. The molecule has 0 radical (unpaired) electrons. The van der Waals surface area contributed by atoms with E-state index in [9.17, 15) is 40.2 Å². The first kappa shape index (κ1) is 35.0. The number of esters is 1. The zero-order valence-corrected chi connectivity index (χ0v) is 25.5. The number of aromatic nitrogens is 1. The normalized spacial score (nSPS) is 16.6. The topological polar surface area (TPSA) is 217 Å². The highest BCUT2D eigenvalue weighted by Gasteiger charge is 2.46. The maximum absolute atomic E-state index is 13.7. The fourth-order valence-electron chi connectivity index (χ4n) is 4.24. The minimum Gasteiger partial charge on any atom is -0.425 e. The number of nitrogens with zero attached hydrogens (tertiary/aromatic N) is 3. The van der Waals surface area contributed by atoms with Crippen LogP contribution in [0.5, 0.6) is 0 Å². The fourth-order valence-corrected chi connectivity index (χ4v) is 6.49. The molecule has 0 saturated carbocycles. The van der Waals surface area contributed by atoms with E-state index in [1.807, 2.05) is 0 Å². The molecular weight excluding hydrogens is 643 g/mol. The highest BCUT2D eigenvalue weighted by atomic mass is 32.2. The SMILES string of the molecule is Cc1ccc(NS(=O)(=O)Cc2ccccc2)c(=O)n1C(OC(=O)C(F)(F)F)C(=O)N[C@@](C)(CCCN=C(N)N)C1=NC=CS1=O. The van der Waals surface area contributed by atoms with Gasteiger partial charge in [-0.2, -0.15) is 13.2 Å². The van der Waals surface area contributed by atoms with E-state index in [2.05, 4.69) is 24.8 Å². The van der Waals surface area contributed by atoms with E-state index < -0.39 is 67.6 Å². The van der Waals surface area contributed by atoms with Gasteiger partial charge in [-0.25, -0.2) is 22.4 Å². The van der Waals surface area contributed by atoms with Crippen LogP contribution in [0.15, 0.2) is 68.9 Å². The van der Waals surface area contributed by atoms with Gasteiger partial charge in [-0.05, 0) is 44.4 Å². The Kier molecular flexibility index (Phi) is 10.9. The third-order valence-corrected chi connectivity index (χ3v) is 8.81. The van der Waals surface area contributed by atoms with Crippen LogP contribution in [0.25, 0.3) is 0 Å². The molecule has 3 rings (SSSR count). The summed E-state index contributed by atoms with van der Waals surface area (Å²) in [6, 6.07) is 10.1. The van der Waals surface area contributed by atoms with Crippen LogP contribution >= 0.6 is 0 Å². The number of pyridine rings is 1. The summed E-state index contributed by atoms with van der Waals surface area (Å²) in [6.07, 6.45) is -6.85. The van der Waals surface area contributed by atoms with Crippen molar-refractivity contribution in [3.05, 3.63) is 75.7 Å². The summed E-state index contributed by atoms with van der Waals surface area (Å²) < 4.78 is 85.2. The van der Waals surface area contributed by atoms with Crippen LogP contribution < -0.4 is 27.1 Å². The standard InChI is InChI=1S/C26H30F3N7O7S2/c1-16-9-10-18(35-45(41,42)15-17-7-4-3-5-8-17)20(38)36(16)21(43-23(39)26(27,28)29)19(37)34-25(2,11-6-12-33-24(30)31)22-32-13-14-44(22)40/h3-5,7-10,13-14,21,35H,6,11-12,15H2,1-2H3,(H,34,37)(H4,30,31,33)/t21?,25-,44?/m0/s1. The van der Waals surface area contributed by atoms with Gasteiger partial charge in [-0.15, -0.1) is 0 Å². The predicted octanol–water partition coefficient (Wildman–Crippen LogP) is 1.26. The molecule has 6 N–H and O–H groups in total. The lowest BCUT2D eigenvalue weighted by molar-refractivity contribution is -0.209. The minimum absolute atomic E-state index is 0.0467. The predicted molar refractivity (Wildman–Crippen MR) is 160 cm³/mol. The Morgan fingerprint density at radius 3 is 2.40 bits per heavy atom. The number of carbonyl (C=O) groups is 2. The number of halogens is 3. The molecule has 45 heavy (non-hydrogen) atoms. The van der Waals surface area contributed by atoms with Gasteiger partial charge in [-0.3, -0.25) is 23.9 Å². The van der Waals surface area contributed by atoms with Crippen molar-refractivity contribution in [3.63, 3.8) is 0 Å². The lowest BCUT2D eigenvalue weighted by atomic mass is 9.96. The van der Waals surface area contributed by atoms with Crippen molar-refractivity contribution in [1.82, 2.24) is 9.88 Å². The summed E-state index contributed by atoms with van der Waals surface area (Å²) >= 11 is 0. The van der Waals surface area contributed by atoms with Crippen LogP contribution in [0.3, 0.4) is 0 Å². The zero-order chi connectivity index (χ0) is 33.6. The molecule has 2 unspecified atom stereocenters. The molecule has 2 heterocycles. The van der Waals surface area contributed by atoms with E-state index in [-0.39, 0.29) is 36.1 Å². The van der Waals surface area contributed by atoms with Gasteiger partial charge in [0.2, 0.25) is 10.0 Å². The number of carbonyl (C=O) groups excluding carboxylic acids is 2. The minimum atomic E-state index is -5.57. The molecule has 19 heteroatoms. The van der Waals surface area contributed by atoms with Crippen molar-refractivity contribution in [1.29, 1.82) is 0 Å². The Balaban J connectivity index is 2.04. The Labute approximate surface area is 257 Å². The number of nitrogens with one attached hydrogen (secondary N) is 2. The molecule has 3 atom stereocenters. The Hall–Kier alpha value is -4.52. The zero-order valence-electron chi connectivity index (χ0n) is 23.9. The lowest BCUT2D eigenvalue weighted by Crippen LogP contribution is -2.56. The summed E-state index contributed by atoms with van der Waals surface area (Å²) in [7, 11) is -6.08. The number of benzene rings is 1. The summed E-state index contributed by atoms with van der Waals surface area (Å²) in [5, 5.41) is 3.52. The van der Waals surface area contributed by atoms with Crippen LogP contribution in [-0.2, 0) is 40.9 Å². The average molecular weight is 674 g/mol. The average Bonchev–Trinajstić information content (AvgIpc) is 3.38. The van der Waals surface area contributed by atoms with Crippen LogP contribution in [0.1, 0.15) is 37.3 Å². The molecular formula is C26H30F3N7O7S2. The lowest BCUT2D eigenvalue weighted by Gasteiger charge is -2.32. The van der Waals surface area contributed by atoms with E-state index in [4.69, 9.17) is 11.5 Å². The van der Waals surface area contributed by atoms with Crippen LogP contribution in [0, 0.1) is 6.92 Å². The number of nitrogens with two attached hydrogens (primary N) is 2. The molecule has 14 nitrogen and oxygen atoms in total. The fraction of sp³-hybridized carbons (Fsp3) is 0.346. The van der Waals surface area contributed by atoms with Crippen LogP contribution in [0.2, 0.25) is 0 Å². The number of guanidine groups is 1. The molecule has 0 aliphatic carbocycles. The molecule has 1 aliphatic heterocycles. The third-order valence-electron chi connectivity index (χ3n) is 6.26. The molecule has 1 aromatic heterocycles. The maximum atomic E-state index is 13.7. The molecule has 1 amide bonds. The number of aliphatic imine (C=N–C) groups is 2. The van der Waals surface area contributed by atoms with Gasteiger partial charge in [0.25, 0.3) is 17.7 Å². The Bertz CT molecular complexity index is 1720. The Morgan fingerprint density at radius 2 is 1.82 bits per heavy atom. The highest BCUT2D eigenvalue weighted by Crippen LogP contribution is 2.26.